The third-order valence-corrected chi connectivity index (χ3v) is 5.13. The van der Waals surface area contributed by atoms with E-state index in [0.717, 1.165) is 11.4 Å². The first-order chi connectivity index (χ1) is 14.0. The Labute approximate surface area is 177 Å². The summed E-state index contributed by atoms with van der Waals surface area (Å²) in [5.41, 5.74) is 8.59. The van der Waals surface area contributed by atoms with Gasteiger partial charge in [-0.05, 0) is 42.4 Å². The lowest BCUT2D eigenvalue weighted by Crippen LogP contribution is -2.24. The number of nitrogen functional groups attached to an aromatic ring is 1. The Kier molecular flexibility index (Phi) is 11.4. The van der Waals surface area contributed by atoms with Crippen LogP contribution in [0.1, 0.15) is 64.0 Å². The van der Waals surface area contributed by atoms with Crippen LogP contribution in [0.4, 0.5) is 11.8 Å². The average Bonchev–Trinajstić information content (AvgIpc) is 2.77. The van der Waals surface area contributed by atoms with Gasteiger partial charge in [0.15, 0.2) is 0 Å². The lowest BCUT2D eigenvalue weighted by atomic mass is 9.71. The van der Waals surface area contributed by atoms with Crippen LogP contribution in [0.3, 0.4) is 0 Å². The smallest absolute Gasteiger partial charge is 0.221 e. The van der Waals surface area contributed by atoms with Crippen molar-refractivity contribution in [3.8, 4) is 0 Å². The van der Waals surface area contributed by atoms with Crippen LogP contribution in [0.25, 0.3) is 0 Å². The minimum Gasteiger partial charge on any atom is -0.373 e. The summed E-state index contributed by atoms with van der Waals surface area (Å²) in [6.07, 6.45) is 8.60. The number of aryl methyl sites for hydroxylation is 1. The maximum absolute atomic E-state index is 5.57. The third-order valence-electron chi connectivity index (χ3n) is 5.13. The van der Waals surface area contributed by atoms with Crippen molar-refractivity contribution >= 4 is 11.8 Å². The van der Waals surface area contributed by atoms with E-state index in [1.807, 2.05) is 39.0 Å². The zero-order valence-electron chi connectivity index (χ0n) is 18.8. The second-order valence-electron chi connectivity index (χ2n) is 7.26. The van der Waals surface area contributed by atoms with Crippen LogP contribution < -0.4 is 11.1 Å². The molecule has 3 N–H and O–H groups in total. The molecule has 1 fully saturated rings. The van der Waals surface area contributed by atoms with Gasteiger partial charge in [0.05, 0.1) is 0 Å². The Bertz CT molecular complexity index is 752. The van der Waals surface area contributed by atoms with Crippen LogP contribution >= 0.6 is 0 Å². The first kappa shape index (κ1) is 24.4. The number of nitrogens with zero attached hydrogens (tertiary/aromatic N) is 2. The van der Waals surface area contributed by atoms with E-state index >= 15 is 0 Å². The molecule has 0 unspecified atom stereocenters. The van der Waals surface area contributed by atoms with Gasteiger partial charge in [-0.15, -0.1) is 0 Å². The van der Waals surface area contributed by atoms with Gasteiger partial charge in [-0.2, -0.15) is 4.98 Å². The molecule has 0 aliphatic heterocycles. The fourth-order valence-electron chi connectivity index (χ4n) is 3.46. The molecule has 0 spiro atoms. The van der Waals surface area contributed by atoms with Crippen molar-refractivity contribution in [2.45, 2.75) is 65.2 Å². The molecule has 0 saturated heterocycles. The molecule has 0 radical (unpaired) electrons. The number of rotatable bonds is 2. The minimum atomic E-state index is 0.244. The lowest BCUT2D eigenvalue weighted by molar-refractivity contribution is 0.319. The number of hydrogen-bond donors (Lipinski definition) is 2. The number of nitrogens with one attached hydrogen (secondary N) is 1. The fourth-order valence-corrected chi connectivity index (χ4v) is 3.46. The zero-order valence-corrected chi connectivity index (χ0v) is 18.8. The lowest BCUT2D eigenvalue weighted by Gasteiger charge is -2.34. The van der Waals surface area contributed by atoms with Gasteiger partial charge in [-0.3, -0.25) is 0 Å². The second kappa shape index (κ2) is 13.5. The van der Waals surface area contributed by atoms with E-state index in [2.05, 4.69) is 52.5 Å². The number of nitrogens with two attached hydrogens (primary N) is 1. The van der Waals surface area contributed by atoms with Crippen molar-refractivity contribution in [3.05, 3.63) is 71.9 Å². The molecule has 29 heavy (non-hydrogen) atoms. The number of anilines is 2. The minimum absolute atomic E-state index is 0.244. The Balaban J connectivity index is 0.000000268. The van der Waals surface area contributed by atoms with E-state index < -0.39 is 0 Å². The van der Waals surface area contributed by atoms with E-state index in [4.69, 9.17) is 5.73 Å². The van der Waals surface area contributed by atoms with Crippen LogP contribution in [-0.4, -0.2) is 17.0 Å². The van der Waals surface area contributed by atoms with Crippen LogP contribution in [0.5, 0.6) is 0 Å². The molecule has 1 aliphatic carbocycles. The molecule has 1 aliphatic rings. The first-order valence-corrected chi connectivity index (χ1v) is 10.7. The first-order valence-electron chi connectivity index (χ1n) is 10.7. The molecule has 0 amide bonds. The van der Waals surface area contributed by atoms with Gasteiger partial charge in [0.25, 0.3) is 0 Å². The number of hydrogen-bond acceptors (Lipinski definition) is 4. The van der Waals surface area contributed by atoms with E-state index in [9.17, 15) is 0 Å². The molecular weight excluding hydrogens is 356 g/mol. The van der Waals surface area contributed by atoms with Gasteiger partial charge in [-0.25, -0.2) is 4.98 Å². The van der Waals surface area contributed by atoms with Gasteiger partial charge >= 0.3 is 0 Å². The molecule has 4 heteroatoms. The number of benzene rings is 1. The van der Waals surface area contributed by atoms with Crippen molar-refractivity contribution in [2.24, 2.45) is 0 Å². The van der Waals surface area contributed by atoms with E-state index in [0.29, 0.717) is 5.41 Å². The summed E-state index contributed by atoms with van der Waals surface area (Å²) >= 11 is 0. The zero-order chi connectivity index (χ0) is 21.5. The van der Waals surface area contributed by atoms with Gasteiger partial charge < -0.3 is 11.1 Å². The summed E-state index contributed by atoms with van der Waals surface area (Å²) in [4.78, 5) is 8.04. The average molecular weight is 395 g/mol. The Hall–Kier alpha value is -2.62. The highest BCUT2D eigenvalue weighted by Crippen LogP contribution is 2.38. The highest BCUT2D eigenvalue weighted by molar-refractivity contribution is 5.42. The van der Waals surface area contributed by atoms with Crippen molar-refractivity contribution in [2.75, 3.05) is 18.1 Å². The fraction of sp³-hybridized carbons (Fsp3) is 0.440. The molecule has 1 heterocycles. The molecular formula is C25H38N4. The van der Waals surface area contributed by atoms with Crippen LogP contribution in [0.2, 0.25) is 0 Å². The third kappa shape index (κ3) is 8.51. The molecule has 4 nitrogen and oxygen atoms in total. The molecule has 1 aromatic heterocycles. The van der Waals surface area contributed by atoms with E-state index in [-0.39, 0.29) is 5.95 Å². The SMILES string of the molecule is CC.CC1(c2ccccc2)CCCCC1.CNc1nc(N)ncccccc1C. The summed E-state index contributed by atoms with van der Waals surface area (Å²) in [5, 5.41) is 2.96. The molecule has 1 saturated carbocycles. The molecule has 158 valence electrons. The van der Waals surface area contributed by atoms with Crippen LogP contribution in [0.15, 0.2) is 60.8 Å². The van der Waals surface area contributed by atoms with Gasteiger partial charge in [0, 0.05) is 13.2 Å². The van der Waals surface area contributed by atoms with Gasteiger partial charge in [-0.1, -0.05) is 88.6 Å². The molecule has 3 rings (SSSR count). The highest BCUT2D eigenvalue weighted by Gasteiger charge is 2.27. The monoisotopic (exact) mass is 394 g/mol. The predicted molar refractivity (Wildman–Crippen MR) is 127 cm³/mol. The molecule has 0 bridgehead atoms. The number of aromatic nitrogens is 2. The molecule has 0 atom stereocenters. The topological polar surface area (TPSA) is 63.8 Å². The normalized spacial score (nSPS) is 14.1. The summed E-state index contributed by atoms with van der Waals surface area (Å²) in [6, 6.07) is 18.6. The van der Waals surface area contributed by atoms with Crippen molar-refractivity contribution in [3.63, 3.8) is 0 Å². The largest absolute Gasteiger partial charge is 0.373 e. The van der Waals surface area contributed by atoms with Crippen molar-refractivity contribution in [1.82, 2.24) is 9.97 Å². The predicted octanol–water partition coefficient (Wildman–Crippen LogP) is 6.47. The maximum atomic E-state index is 5.57. The van der Waals surface area contributed by atoms with Crippen molar-refractivity contribution in [1.29, 1.82) is 0 Å². The Morgan fingerprint density at radius 2 is 1.48 bits per heavy atom. The standard InChI is InChI=1S/C13H18.C10H14N4.C2H6/c1-13(10-6-3-7-11-13)12-8-4-2-5-9-12;1-8-6-4-3-5-7-13-10(11)14-9(8)12-2;1-2/h2,4-5,8-9H,3,6-7,10-11H2,1H3;3-7H,1-2H3,(H3,11,12,13,14);1-2H3. The van der Waals surface area contributed by atoms with E-state index in [1.165, 1.54) is 37.7 Å². The van der Waals surface area contributed by atoms with Crippen LogP contribution in [0, 0.1) is 6.92 Å². The summed E-state index contributed by atoms with van der Waals surface area (Å²) in [6.45, 7) is 8.37. The van der Waals surface area contributed by atoms with Gasteiger partial charge in [0.1, 0.15) is 5.82 Å². The summed E-state index contributed by atoms with van der Waals surface area (Å²) in [5.74, 6) is 0.972. The Morgan fingerprint density at radius 1 is 0.897 bits per heavy atom. The Morgan fingerprint density at radius 3 is 2.10 bits per heavy atom. The summed E-state index contributed by atoms with van der Waals surface area (Å²) in [7, 11) is 1.80. The molecule has 1 aromatic carbocycles. The molecule has 2 aromatic rings. The van der Waals surface area contributed by atoms with E-state index in [1.54, 1.807) is 19.3 Å². The quantitative estimate of drug-likeness (QED) is 0.613. The van der Waals surface area contributed by atoms with Crippen LogP contribution in [-0.2, 0) is 5.41 Å². The second-order valence-corrected chi connectivity index (χ2v) is 7.26. The highest BCUT2D eigenvalue weighted by atomic mass is 15.0. The van der Waals surface area contributed by atoms with Gasteiger partial charge in [0.2, 0.25) is 5.95 Å². The maximum Gasteiger partial charge on any atom is 0.221 e. The summed E-state index contributed by atoms with van der Waals surface area (Å²) < 4.78 is 0. The van der Waals surface area contributed by atoms with Crippen molar-refractivity contribution < 1.29 is 0 Å².